The summed E-state index contributed by atoms with van der Waals surface area (Å²) >= 11 is 0. The first-order valence-corrected chi connectivity index (χ1v) is 9.29. The van der Waals surface area contributed by atoms with Crippen LogP contribution >= 0.6 is 0 Å². The zero-order valence-electron chi connectivity index (χ0n) is 13.4. The molecule has 1 aliphatic rings. The van der Waals surface area contributed by atoms with Gasteiger partial charge in [0.1, 0.15) is 0 Å². The Hall–Kier alpha value is -1.50. The lowest BCUT2D eigenvalue weighted by molar-refractivity contribution is -0.0355. The molecule has 0 aliphatic carbocycles. The van der Waals surface area contributed by atoms with E-state index in [0.717, 1.165) is 43.2 Å². The molecule has 2 unspecified atom stereocenters. The van der Waals surface area contributed by atoms with Crippen molar-refractivity contribution >= 4 is 10.8 Å². The normalized spacial score (nSPS) is 20.5. The Morgan fingerprint density at radius 2 is 2.17 bits per heavy atom. The highest BCUT2D eigenvalue weighted by molar-refractivity contribution is 7.85. The van der Waals surface area contributed by atoms with Gasteiger partial charge >= 0.3 is 0 Å². The van der Waals surface area contributed by atoms with Crippen LogP contribution in [0, 0.1) is 6.92 Å². The number of hydrogen-bond acceptors (Lipinski definition) is 4. The Morgan fingerprint density at radius 3 is 2.91 bits per heavy atom. The van der Waals surface area contributed by atoms with Crippen LogP contribution in [0.25, 0.3) is 0 Å². The van der Waals surface area contributed by atoms with Crippen LogP contribution in [0.3, 0.4) is 0 Å². The highest BCUT2D eigenvalue weighted by Gasteiger charge is 2.21. The Morgan fingerprint density at radius 1 is 1.35 bits per heavy atom. The number of ether oxygens (including phenoxy) is 1. The van der Waals surface area contributed by atoms with Crippen LogP contribution in [0.15, 0.2) is 47.6 Å². The molecule has 1 aromatic carbocycles. The van der Waals surface area contributed by atoms with Gasteiger partial charge in [-0.05, 0) is 24.6 Å². The van der Waals surface area contributed by atoms with E-state index < -0.39 is 10.8 Å². The number of benzene rings is 1. The summed E-state index contributed by atoms with van der Waals surface area (Å²) in [7, 11) is -0.931. The lowest BCUT2D eigenvalue weighted by atomic mass is 10.2. The van der Waals surface area contributed by atoms with Crippen LogP contribution < -0.4 is 0 Å². The first-order chi connectivity index (χ1) is 11.2. The minimum absolute atomic E-state index is 0.146. The Balaban J connectivity index is 1.48. The Labute approximate surface area is 139 Å². The van der Waals surface area contributed by atoms with Gasteiger partial charge in [-0.25, -0.2) is 0 Å². The van der Waals surface area contributed by atoms with Gasteiger partial charge in [0.2, 0.25) is 0 Å². The van der Waals surface area contributed by atoms with Crippen LogP contribution in [0.5, 0.6) is 0 Å². The van der Waals surface area contributed by atoms with E-state index in [1.165, 1.54) is 0 Å². The molecule has 0 spiro atoms. The fraction of sp³-hybridized carbons (Fsp3) is 0.471. The minimum Gasteiger partial charge on any atom is -0.374 e. The van der Waals surface area contributed by atoms with Crippen molar-refractivity contribution in [1.29, 1.82) is 0 Å². The fourth-order valence-corrected chi connectivity index (χ4v) is 3.89. The van der Waals surface area contributed by atoms with Gasteiger partial charge in [0.25, 0.3) is 0 Å². The number of aryl methyl sites for hydroxylation is 1. The van der Waals surface area contributed by atoms with Crippen LogP contribution in [0.1, 0.15) is 5.56 Å². The van der Waals surface area contributed by atoms with Gasteiger partial charge in [-0.15, -0.1) is 0 Å². The molecule has 0 amide bonds. The van der Waals surface area contributed by atoms with Gasteiger partial charge in [0.15, 0.2) is 0 Å². The molecule has 0 N–H and O–H groups in total. The lowest BCUT2D eigenvalue weighted by Crippen LogP contribution is -2.45. The highest BCUT2D eigenvalue weighted by atomic mass is 32.2. The molecule has 23 heavy (non-hydrogen) atoms. The van der Waals surface area contributed by atoms with Crippen LogP contribution in [-0.4, -0.2) is 57.0 Å². The van der Waals surface area contributed by atoms with E-state index in [0.29, 0.717) is 5.75 Å². The van der Waals surface area contributed by atoms with Gasteiger partial charge in [0.05, 0.1) is 36.3 Å². The van der Waals surface area contributed by atoms with E-state index in [9.17, 15) is 4.21 Å². The van der Waals surface area contributed by atoms with E-state index in [1.807, 2.05) is 54.3 Å². The first-order valence-electron chi connectivity index (χ1n) is 7.97. The summed E-state index contributed by atoms with van der Waals surface area (Å²) in [6.07, 6.45) is 4.05. The van der Waals surface area contributed by atoms with Gasteiger partial charge in [-0.2, -0.15) is 5.10 Å². The van der Waals surface area contributed by atoms with Crippen molar-refractivity contribution in [3.63, 3.8) is 0 Å². The summed E-state index contributed by atoms with van der Waals surface area (Å²) in [6, 6.07) is 9.68. The van der Waals surface area contributed by atoms with Crippen molar-refractivity contribution in [1.82, 2.24) is 14.7 Å². The van der Waals surface area contributed by atoms with Crippen LogP contribution in [-0.2, 0) is 22.1 Å². The van der Waals surface area contributed by atoms with E-state index in [1.54, 1.807) is 0 Å². The molecule has 0 saturated carbocycles. The predicted octanol–water partition coefficient (Wildman–Crippen LogP) is 1.70. The Kier molecular flexibility index (Phi) is 5.59. The second-order valence-corrected chi connectivity index (χ2v) is 7.47. The SMILES string of the molecule is Cc1cnn(CC2CN(CCS(=O)c3ccccc3)CCO2)c1. The van der Waals surface area contributed by atoms with Crippen molar-refractivity contribution in [3.8, 4) is 0 Å². The Bertz CT molecular complexity index is 644. The van der Waals surface area contributed by atoms with Crippen LogP contribution in [0.2, 0.25) is 0 Å². The molecular formula is C17H23N3O2S. The standard InChI is InChI=1S/C17H23N3O2S/c1-15-11-18-20(12-15)14-16-13-19(7-9-22-16)8-10-23(21)17-5-3-2-4-6-17/h2-6,11-12,16H,7-10,13-14H2,1H3. The monoisotopic (exact) mass is 333 g/mol. The summed E-state index contributed by atoms with van der Waals surface area (Å²) in [4.78, 5) is 3.25. The number of morpholine rings is 1. The molecule has 2 aromatic rings. The summed E-state index contributed by atoms with van der Waals surface area (Å²) in [6.45, 7) is 6.14. The van der Waals surface area contributed by atoms with Crippen molar-refractivity contribution in [2.75, 3.05) is 32.0 Å². The second kappa shape index (κ2) is 7.86. The maximum absolute atomic E-state index is 12.3. The average Bonchev–Trinajstić information content (AvgIpc) is 2.99. The largest absolute Gasteiger partial charge is 0.374 e. The van der Waals surface area contributed by atoms with Gasteiger partial charge < -0.3 is 4.74 Å². The molecule has 0 bridgehead atoms. The number of nitrogens with zero attached hydrogens (tertiary/aromatic N) is 3. The topological polar surface area (TPSA) is 47.4 Å². The number of rotatable bonds is 6. The van der Waals surface area contributed by atoms with Gasteiger partial charge in [-0.1, -0.05) is 18.2 Å². The third kappa shape index (κ3) is 4.73. The molecule has 1 aromatic heterocycles. The molecule has 0 radical (unpaired) electrons. The second-order valence-electron chi connectivity index (χ2n) is 5.90. The van der Waals surface area contributed by atoms with Crippen molar-refractivity contribution in [2.24, 2.45) is 0 Å². The summed E-state index contributed by atoms with van der Waals surface area (Å²) in [5.74, 6) is 0.664. The van der Waals surface area contributed by atoms with Crippen molar-refractivity contribution in [3.05, 3.63) is 48.3 Å². The molecule has 124 valence electrons. The smallest absolute Gasteiger partial charge is 0.0898 e. The fourth-order valence-electron chi connectivity index (χ4n) is 2.77. The minimum atomic E-state index is -0.931. The molecule has 5 nitrogen and oxygen atoms in total. The maximum atomic E-state index is 12.3. The third-order valence-electron chi connectivity index (χ3n) is 3.97. The van der Waals surface area contributed by atoms with E-state index >= 15 is 0 Å². The van der Waals surface area contributed by atoms with Crippen molar-refractivity contribution in [2.45, 2.75) is 24.5 Å². The number of aromatic nitrogens is 2. The molecule has 2 atom stereocenters. The maximum Gasteiger partial charge on any atom is 0.0898 e. The van der Waals surface area contributed by atoms with E-state index in [4.69, 9.17) is 4.74 Å². The summed E-state index contributed by atoms with van der Waals surface area (Å²) < 4.78 is 20.1. The summed E-state index contributed by atoms with van der Waals surface area (Å²) in [5, 5.41) is 4.32. The summed E-state index contributed by atoms with van der Waals surface area (Å²) in [5.41, 5.74) is 1.16. The number of hydrogen-bond donors (Lipinski definition) is 0. The lowest BCUT2D eigenvalue weighted by Gasteiger charge is -2.32. The molecule has 1 fully saturated rings. The molecule has 6 heteroatoms. The molecular weight excluding hydrogens is 310 g/mol. The molecule has 3 rings (SSSR count). The van der Waals surface area contributed by atoms with Crippen molar-refractivity contribution < 1.29 is 8.95 Å². The first kappa shape index (κ1) is 16.4. The predicted molar refractivity (Wildman–Crippen MR) is 90.9 cm³/mol. The molecule has 1 aliphatic heterocycles. The third-order valence-corrected chi connectivity index (χ3v) is 5.33. The molecule has 1 saturated heterocycles. The zero-order chi connectivity index (χ0) is 16.1. The van der Waals surface area contributed by atoms with Gasteiger partial charge in [0, 0.05) is 36.5 Å². The van der Waals surface area contributed by atoms with E-state index in [-0.39, 0.29) is 6.10 Å². The van der Waals surface area contributed by atoms with E-state index in [2.05, 4.69) is 10.00 Å². The molecule has 2 heterocycles. The zero-order valence-corrected chi connectivity index (χ0v) is 14.2. The average molecular weight is 333 g/mol. The quantitative estimate of drug-likeness (QED) is 0.807. The highest BCUT2D eigenvalue weighted by Crippen LogP contribution is 2.10. The van der Waals surface area contributed by atoms with Crippen LogP contribution in [0.4, 0.5) is 0 Å². The van der Waals surface area contributed by atoms with Gasteiger partial charge in [-0.3, -0.25) is 13.8 Å².